The van der Waals surface area contributed by atoms with Gasteiger partial charge in [-0.3, -0.25) is 0 Å². The van der Waals surface area contributed by atoms with Gasteiger partial charge in [-0.1, -0.05) is 46.1 Å². The molecule has 0 N–H and O–H groups in total. The van der Waals surface area contributed by atoms with E-state index in [9.17, 15) is 0 Å². The van der Waals surface area contributed by atoms with E-state index in [4.69, 9.17) is 0 Å². The zero-order valence-electron chi connectivity index (χ0n) is 8.60. The second kappa shape index (κ2) is 8.62. The van der Waals surface area contributed by atoms with E-state index in [1.807, 2.05) is 6.08 Å². The maximum atomic E-state index is 3.55. The number of unbranched alkanes of at least 4 members (excludes halogenated alkanes) is 1. The molecule has 0 aromatic carbocycles. The topological polar surface area (TPSA) is 0 Å². The van der Waals surface area contributed by atoms with Gasteiger partial charge in [0.05, 0.1) is 0 Å². The predicted octanol–water partition coefficient (Wildman–Crippen LogP) is 4.32. The van der Waals surface area contributed by atoms with E-state index < -0.39 is 0 Å². The third-order valence-corrected chi connectivity index (χ3v) is 2.38. The van der Waals surface area contributed by atoms with Crippen LogP contribution in [0.2, 0.25) is 0 Å². The number of allylic oxidation sites excluding steroid dienone is 1. The van der Waals surface area contributed by atoms with Gasteiger partial charge in [-0.15, -0.1) is 5.73 Å². The van der Waals surface area contributed by atoms with E-state index in [0.29, 0.717) is 0 Å². The summed E-state index contributed by atoms with van der Waals surface area (Å²) < 4.78 is 0. The van der Waals surface area contributed by atoms with Crippen LogP contribution in [0.3, 0.4) is 0 Å². The van der Waals surface area contributed by atoms with E-state index in [2.05, 4.69) is 26.2 Å². The van der Waals surface area contributed by atoms with Crippen LogP contribution in [-0.4, -0.2) is 0 Å². The highest BCUT2D eigenvalue weighted by molar-refractivity contribution is 4.75. The molecule has 0 heterocycles. The van der Waals surface area contributed by atoms with Crippen LogP contribution in [0.5, 0.6) is 0 Å². The lowest BCUT2D eigenvalue weighted by Crippen LogP contribution is -1.97. The molecule has 0 aromatic heterocycles. The average molecular weight is 166 g/mol. The van der Waals surface area contributed by atoms with Crippen LogP contribution in [0, 0.1) is 5.92 Å². The number of hydrogen-bond donors (Lipinski definition) is 0. The normalized spacial score (nSPS) is 12.2. The van der Waals surface area contributed by atoms with E-state index in [1.165, 1.54) is 32.1 Å². The van der Waals surface area contributed by atoms with E-state index in [-0.39, 0.29) is 0 Å². The first-order valence-corrected chi connectivity index (χ1v) is 5.19. The van der Waals surface area contributed by atoms with Crippen molar-refractivity contribution in [3.63, 3.8) is 0 Å². The summed E-state index contributed by atoms with van der Waals surface area (Å²) >= 11 is 0. The lowest BCUT2D eigenvalue weighted by molar-refractivity contribution is 0.421. The molecule has 0 aliphatic rings. The van der Waals surface area contributed by atoms with Crippen molar-refractivity contribution in [2.45, 2.75) is 52.4 Å². The standard InChI is InChI=1S/C12H22/c1-4-7-8-9-11-12(6-3)10-5-2/h7,12H,1,5-6,8-11H2,2-3H3. The molecule has 1 unspecified atom stereocenters. The summed E-state index contributed by atoms with van der Waals surface area (Å²) in [6.07, 6.45) is 9.95. The van der Waals surface area contributed by atoms with Gasteiger partial charge in [0, 0.05) is 0 Å². The Morgan fingerprint density at radius 3 is 2.58 bits per heavy atom. The van der Waals surface area contributed by atoms with Gasteiger partial charge in [0.15, 0.2) is 0 Å². The molecule has 12 heavy (non-hydrogen) atoms. The quantitative estimate of drug-likeness (QED) is 0.390. The zero-order chi connectivity index (χ0) is 9.23. The van der Waals surface area contributed by atoms with E-state index >= 15 is 0 Å². The Morgan fingerprint density at radius 1 is 1.33 bits per heavy atom. The first kappa shape index (κ1) is 11.5. The third kappa shape index (κ3) is 6.24. The summed E-state index contributed by atoms with van der Waals surface area (Å²) in [7, 11) is 0. The van der Waals surface area contributed by atoms with Crippen LogP contribution >= 0.6 is 0 Å². The van der Waals surface area contributed by atoms with Crippen LogP contribution in [0.15, 0.2) is 18.4 Å². The minimum atomic E-state index is 0.952. The van der Waals surface area contributed by atoms with Crippen molar-refractivity contribution in [2.24, 2.45) is 5.92 Å². The highest BCUT2D eigenvalue weighted by Crippen LogP contribution is 2.17. The fourth-order valence-electron chi connectivity index (χ4n) is 1.57. The molecule has 0 amide bonds. The lowest BCUT2D eigenvalue weighted by Gasteiger charge is -2.11. The smallest absolute Gasteiger partial charge is 0.0274 e. The van der Waals surface area contributed by atoms with Gasteiger partial charge in [-0.2, -0.15) is 0 Å². The van der Waals surface area contributed by atoms with Crippen LogP contribution in [0.1, 0.15) is 52.4 Å². The zero-order valence-corrected chi connectivity index (χ0v) is 8.60. The molecule has 0 fully saturated rings. The van der Waals surface area contributed by atoms with Crippen molar-refractivity contribution in [3.8, 4) is 0 Å². The highest BCUT2D eigenvalue weighted by atomic mass is 14.1. The van der Waals surface area contributed by atoms with Crippen molar-refractivity contribution in [3.05, 3.63) is 18.4 Å². The number of hydrogen-bond acceptors (Lipinski definition) is 0. The monoisotopic (exact) mass is 166 g/mol. The van der Waals surface area contributed by atoms with Gasteiger partial charge in [-0.25, -0.2) is 0 Å². The van der Waals surface area contributed by atoms with Gasteiger partial charge in [-0.05, 0) is 24.8 Å². The third-order valence-electron chi connectivity index (χ3n) is 2.38. The Labute approximate surface area is 77.4 Å². The van der Waals surface area contributed by atoms with Crippen molar-refractivity contribution < 1.29 is 0 Å². The fraction of sp³-hybridized carbons (Fsp3) is 0.750. The fourth-order valence-corrected chi connectivity index (χ4v) is 1.57. The van der Waals surface area contributed by atoms with Crippen molar-refractivity contribution in [2.75, 3.05) is 0 Å². The molecule has 0 spiro atoms. The van der Waals surface area contributed by atoms with Crippen LogP contribution in [-0.2, 0) is 0 Å². The Bertz CT molecular complexity index is 129. The molecule has 0 aliphatic heterocycles. The highest BCUT2D eigenvalue weighted by Gasteiger charge is 2.02. The van der Waals surface area contributed by atoms with Crippen molar-refractivity contribution >= 4 is 0 Å². The van der Waals surface area contributed by atoms with Crippen LogP contribution < -0.4 is 0 Å². The Balaban J connectivity index is 3.36. The van der Waals surface area contributed by atoms with Crippen molar-refractivity contribution in [1.29, 1.82) is 0 Å². The van der Waals surface area contributed by atoms with Crippen LogP contribution in [0.25, 0.3) is 0 Å². The molecule has 0 saturated carbocycles. The second-order valence-electron chi connectivity index (χ2n) is 3.40. The van der Waals surface area contributed by atoms with Gasteiger partial charge in [0.2, 0.25) is 0 Å². The van der Waals surface area contributed by atoms with E-state index in [0.717, 1.165) is 12.3 Å². The number of rotatable bonds is 7. The van der Waals surface area contributed by atoms with Crippen LogP contribution in [0.4, 0.5) is 0 Å². The molecule has 0 saturated heterocycles. The minimum Gasteiger partial charge on any atom is -0.133 e. The van der Waals surface area contributed by atoms with E-state index in [1.54, 1.807) is 0 Å². The van der Waals surface area contributed by atoms with Gasteiger partial charge >= 0.3 is 0 Å². The molecule has 0 radical (unpaired) electrons. The minimum absolute atomic E-state index is 0.952. The summed E-state index contributed by atoms with van der Waals surface area (Å²) in [5, 5.41) is 0. The summed E-state index contributed by atoms with van der Waals surface area (Å²) in [5.74, 6) is 0.952. The predicted molar refractivity (Wildman–Crippen MR) is 56.3 cm³/mol. The molecular weight excluding hydrogens is 144 g/mol. The Hall–Kier alpha value is -0.480. The molecule has 1 atom stereocenters. The Kier molecular flexibility index (Phi) is 8.27. The molecule has 0 nitrogen and oxygen atoms in total. The SMILES string of the molecule is C=C=CCCCC(CC)CCC. The van der Waals surface area contributed by atoms with Gasteiger partial charge in [0.1, 0.15) is 0 Å². The van der Waals surface area contributed by atoms with Crippen molar-refractivity contribution in [1.82, 2.24) is 0 Å². The Morgan fingerprint density at radius 2 is 2.08 bits per heavy atom. The molecule has 0 bridgehead atoms. The first-order chi connectivity index (χ1) is 5.85. The summed E-state index contributed by atoms with van der Waals surface area (Å²) in [6, 6.07) is 0. The molecule has 70 valence electrons. The summed E-state index contributed by atoms with van der Waals surface area (Å²) in [6.45, 7) is 8.12. The van der Waals surface area contributed by atoms with Gasteiger partial charge < -0.3 is 0 Å². The largest absolute Gasteiger partial charge is 0.133 e. The maximum absolute atomic E-state index is 3.55. The summed E-state index contributed by atoms with van der Waals surface area (Å²) in [5.41, 5.74) is 2.82. The average Bonchev–Trinajstić information content (AvgIpc) is 2.10. The molecular formula is C12H22. The molecule has 0 aromatic rings. The maximum Gasteiger partial charge on any atom is -0.0274 e. The summed E-state index contributed by atoms with van der Waals surface area (Å²) in [4.78, 5) is 0. The molecule has 0 rings (SSSR count). The lowest BCUT2D eigenvalue weighted by atomic mass is 9.95. The van der Waals surface area contributed by atoms with Gasteiger partial charge in [0.25, 0.3) is 0 Å². The molecule has 0 heteroatoms. The molecule has 0 aliphatic carbocycles. The first-order valence-electron chi connectivity index (χ1n) is 5.19. The second-order valence-corrected chi connectivity index (χ2v) is 3.40.